The van der Waals surface area contributed by atoms with E-state index < -0.39 is 5.82 Å². The Morgan fingerprint density at radius 2 is 2.27 bits per heavy atom. The molecule has 0 N–H and O–H groups in total. The summed E-state index contributed by atoms with van der Waals surface area (Å²) in [4.78, 5) is 0. The van der Waals surface area contributed by atoms with Gasteiger partial charge < -0.3 is 0 Å². The molecule has 0 unspecified atom stereocenters. The van der Waals surface area contributed by atoms with Gasteiger partial charge in [0.1, 0.15) is 11.9 Å². The molecule has 0 fully saturated rings. The molecular formula is C11H8FN3. The van der Waals surface area contributed by atoms with Gasteiger partial charge in [0.05, 0.1) is 12.1 Å². The lowest BCUT2D eigenvalue weighted by Crippen LogP contribution is -2.03. The van der Waals surface area contributed by atoms with E-state index in [1.54, 1.807) is 35.3 Å². The smallest absolute Gasteiger partial charge is 0.146 e. The molecule has 1 heterocycles. The first-order chi connectivity index (χ1) is 7.31. The van der Waals surface area contributed by atoms with Gasteiger partial charge in [-0.05, 0) is 12.1 Å². The van der Waals surface area contributed by atoms with Crippen LogP contribution >= 0.6 is 0 Å². The van der Waals surface area contributed by atoms with E-state index in [2.05, 4.69) is 5.10 Å². The van der Waals surface area contributed by atoms with Gasteiger partial charge in [-0.1, -0.05) is 12.1 Å². The lowest BCUT2D eigenvalue weighted by molar-refractivity contribution is 0.582. The Bertz CT molecular complexity index is 497. The highest BCUT2D eigenvalue weighted by Crippen LogP contribution is 2.12. The number of hydrogen-bond acceptors (Lipinski definition) is 2. The molecule has 0 radical (unpaired) electrons. The van der Waals surface area contributed by atoms with Crippen LogP contribution in [0, 0.1) is 17.1 Å². The van der Waals surface area contributed by atoms with Crippen molar-refractivity contribution < 1.29 is 4.39 Å². The maximum Gasteiger partial charge on any atom is 0.146 e. The molecule has 74 valence electrons. The lowest BCUT2D eigenvalue weighted by Gasteiger charge is -2.04. The molecule has 2 aromatic rings. The molecule has 0 atom stereocenters. The van der Waals surface area contributed by atoms with E-state index in [1.807, 2.05) is 6.07 Å². The largest absolute Gasteiger partial charge is 0.268 e. The molecule has 0 aliphatic heterocycles. The molecule has 2 rings (SSSR count). The van der Waals surface area contributed by atoms with Gasteiger partial charge >= 0.3 is 0 Å². The minimum Gasteiger partial charge on any atom is -0.268 e. The van der Waals surface area contributed by atoms with Crippen LogP contribution in [0.25, 0.3) is 0 Å². The zero-order valence-electron chi connectivity index (χ0n) is 7.89. The molecular weight excluding hydrogens is 193 g/mol. The molecule has 0 spiro atoms. The van der Waals surface area contributed by atoms with Crippen LogP contribution in [0.4, 0.5) is 4.39 Å². The Labute approximate surface area is 86.4 Å². The van der Waals surface area contributed by atoms with E-state index in [0.29, 0.717) is 12.1 Å². The van der Waals surface area contributed by atoms with E-state index in [9.17, 15) is 4.39 Å². The number of benzene rings is 1. The number of aromatic nitrogens is 2. The van der Waals surface area contributed by atoms with Gasteiger partial charge in [-0.2, -0.15) is 10.4 Å². The van der Waals surface area contributed by atoms with Crippen LogP contribution in [0.15, 0.2) is 36.7 Å². The Balaban J connectivity index is 2.34. The van der Waals surface area contributed by atoms with Crippen molar-refractivity contribution in [2.24, 2.45) is 0 Å². The molecule has 1 aromatic carbocycles. The van der Waals surface area contributed by atoms with Crippen molar-refractivity contribution in [3.63, 3.8) is 0 Å². The first kappa shape index (κ1) is 9.41. The quantitative estimate of drug-likeness (QED) is 0.745. The van der Waals surface area contributed by atoms with Gasteiger partial charge in [0.2, 0.25) is 0 Å². The Morgan fingerprint density at radius 1 is 1.40 bits per heavy atom. The van der Waals surface area contributed by atoms with Crippen molar-refractivity contribution in [1.82, 2.24) is 9.78 Å². The van der Waals surface area contributed by atoms with Crippen molar-refractivity contribution in [2.45, 2.75) is 6.54 Å². The average Bonchev–Trinajstić information content (AvgIpc) is 2.74. The van der Waals surface area contributed by atoms with E-state index in [1.165, 1.54) is 6.07 Å². The summed E-state index contributed by atoms with van der Waals surface area (Å²) in [6.07, 6.45) is 3.38. The third-order valence-electron chi connectivity index (χ3n) is 2.09. The minimum atomic E-state index is -0.462. The first-order valence-corrected chi connectivity index (χ1v) is 4.46. The summed E-state index contributed by atoms with van der Waals surface area (Å²) in [6, 6.07) is 8.36. The van der Waals surface area contributed by atoms with Gasteiger partial charge in [0, 0.05) is 18.0 Å². The summed E-state index contributed by atoms with van der Waals surface area (Å²) in [5.74, 6) is -0.462. The van der Waals surface area contributed by atoms with E-state index in [-0.39, 0.29) is 5.56 Å². The maximum absolute atomic E-state index is 13.6. The molecule has 3 nitrogen and oxygen atoms in total. The van der Waals surface area contributed by atoms with Crippen LogP contribution < -0.4 is 0 Å². The number of halogens is 1. The normalized spacial score (nSPS) is 9.87. The van der Waals surface area contributed by atoms with Crippen LogP contribution in [0.1, 0.15) is 11.1 Å². The van der Waals surface area contributed by atoms with Crippen molar-refractivity contribution in [2.75, 3.05) is 0 Å². The second-order valence-corrected chi connectivity index (χ2v) is 3.09. The summed E-state index contributed by atoms with van der Waals surface area (Å²) in [7, 11) is 0. The zero-order valence-corrected chi connectivity index (χ0v) is 7.89. The highest BCUT2D eigenvalue weighted by atomic mass is 19.1. The van der Waals surface area contributed by atoms with Gasteiger partial charge in [0.25, 0.3) is 0 Å². The molecule has 0 saturated heterocycles. The van der Waals surface area contributed by atoms with Crippen LogP contribution in [-0.4, -0.2) is 9.78 Å². The van der Waals surface area contributed by atoms with Gasteiger partial charge in [-0.15, -0.1) is 0 Å². The molecule has 0 bridgehead atoms. The predicted octanol–water partition coefficient (Wildman–Crippen LogP) is 1.94. The SMILES string of the molecule is N#Cc1cccc(Cn2cccn2)c1F. The van der Waals surface area contributed by atoms with Crippen molar-refractivity contribution in [3.05, 3.63) is 53.6 Å². The predicted molar refractivity (Wildman–Crippen MR) is 52.4 cm³/mol. The Hall–Kier alpha value is -2.15. The van der Waals surface area contributed by atoms with Crippen molar-refractivity contribution >= 4 is 0 Å². The first-order valence-electron chi connectivity index (χ1n) is 4.46. The summed E-state index contributed by atoms with van der Waals surface area (Å²) >= 11 is 0. The monoisotopic (exact) mass is 201 g/mol. The van der Waals surface area contributed by atoms with Gasteiger partial charge in [-0.25, -0.2) is 4.39 Å². The topological polar surface area (TPSA) is 41.6 Å². The standard InChI is InChI=1S/C11H8FN3/c12-11-9(7-13)3-1-4-10(11)8-15-6-2-5-14-15/h1-6H,8H2. The Kier molecular flexibility index (Phi) is 2.46. The number of nitriles is 1. The molecule has 0 aliphatic carbocycles. The highest BCUT2D eigenvalue weighted by molar-refractivity contribution is 5.34. The molecule has 1 aromatic heterocycles. The highest BCUT2D eigenvalue weighted by Gasteiger charge is 2.07. The average molecular weight is 201 g/mol. The zero-order chi connectivity index (χ0) is 10.7. The summed E-state index contributed by atoms with van der Waals surface area (Å²) < 4.78 is 15.2. The third-order valence-corrected chi connectivity index (χ3v) is 2.09. The fourth-order valence-electron chi connectivity index (χ4n) is 1.36. The molecule has 0 saturated carbocycles. The minimum absolute atomic E-state index is 0.0691. The molecule has 4 heteroatoms. The number of nitrogens with zero attached hydrogens (tertiary/aromatic N) is 3. The second kappa shape index (κ2) is 3.93. The van der Waals surface area contributed by atoms with Crippen LogP contribution in [0.5, 0.6) is 0 Å². The van der Waals surface area contributed by atoms with Crippen LogP contribution in [0.2, 0.25) is 0 Å². The summed E-state index contributed by atoms with van der Waals surface area (Å²) in [6.45, 7) is 0.342. The Morgan fingerprint density at radius 3 is 2.93 bits per heavy atom. The number of rotatable bonds is 2. The molecule has 15 heavy (non-hydrogen) atoms. The summed E-state index contributed by atoms with van der Waals surface area (Å²) in [5, 5.41) is 12.6. The third kappa shape index (κ3) is 1.86. The van der Waals surface area contributed by atoms with E-state index in [4.69, 9.17) is 5.26 Å². The molecule has 0 amide bonds. The molecule has 0 aliphatic rings. The second-order valence-electron chi connectivity index (χ2n) is 3.09. The summed E-state index contributed by atoms with van der Waals surface area (Å²) in [5.41, 5.74) is 0.539. The lowest BCUT2D eigenvalue weighted by atomic mass is 10.1. The van der Waals surface area contributed by atoms with E-state index >= 15 is 0 Å². The number of hydrogen-bond donors (Lipinski definition) is 0. The fourth-order valence-corrected chi connectivity index (χ4v) is 1.36. The van der Waals surface area contributed by atoms with Gasteiger partial charge in [-0.3, -0.25) is 4.68 Å². The van der Waals surface area contributed by atoms with Crippen LogP contribution in [-0.2, 0) is 6.54 Å². The van der Waals surface area contributed by atoms with Gasteiger partial charge in [0.15, 0.2) is 0 Å². The fraction of sp³-hybridized carbons (Fsp3) is 0.0909. The maximum atomic E-state index is 13.6. The van der Waals surface area contributed by atoms with Crippen molar-refractivity contribution in [1.29, 1.82) is 5.26 Å². The van der Waals surface area contributed by atoms with Crippen LogP contribution in [0.3, 0.4) is 0 Å². The van der Waals surface area contributed by atoms with Crippen molar-refractivity contribution in [3.8, 4) is 6.07 Å². The van der Waals surface area contributed by atoms with E-state index in [0.717, 1.165) is 0 Å².